The van der Waals surface area contributed by atoms with E-state index in [2.05, 4.69) is 71.1 Å². The van der Waals surface area contributed by atoms with Crippen molar-refractivity contribution >= 4 is 17.2 Å². The van der Waals surface area contributed by atoms with Gasteiger partial charge in [-0.05, 0) is 61.9 Å². The lowest BCUT2D eigenvalue weighted by atomic mass is 9.76. The second-order valence-corrected chi connectivity index (χ2v) is 10.1. The van der Waals surface area contributed by atoms with E-state index in [1.165, 1.54) is 17.3 Å². The van der Waals surface area contributed by atoms with Gasteiger partial charge in [0.2, 0.25) is 0 Å². The number of benzene rings is 1. The van der Waals surface area contributed by atoms with Crippen LogP contribution in [-0.2, 0) is 0 Å². The van der Waals surface area contributed by atoms with Crippen LogP contribution in [0, 0.1) is 16.7 Å². The highest BCUT2D eigenvalue weighted by Gasteiger charge is 2.26. The Bertz CT molecular complexity index is 1080. The number of nitrogens with one attached hydrogen (secondary N) is 2. The van der Waals surface area contributed by atoms with E-state index in [0.29, 0.717) is 11.5 Å². The summed E-state index contributed by atoms with van der Waals surface area (Å²) in [6.07, 6.45) is 6.91. The third kappa shape index (κ3) is 5.35. The number of anilines is 1. The number of amides is 1. The first kappa shape index (κ1) is 23.2. The predicted molar refractivity (Wildman–Crippen MR) is 131 cm³/mol. The number of hydrogen-bond acceptors (Lipinski definition) is 5. The molecule has 2 heterocycles. The Morgan fingerprint density at radius 2 is 2.03 bits per heavy atom. The van der Waals surface area contributed by atoms with Crippen molar-refractivity contribution in [3.63, 3.8) is 0 Å². The Morgan fingerprint density at radius 3 is 2.67 bits per heavy atom. The molecule has 0 saturated carbocycles. The Morgan fingerprint density at radius 1 is 1.27 bits per heavy atom. The summed E-state index contributed by atoms with van der Waals surface area (Å²) >= 11 is 0. The maximum absolute atomic E-state index is 12.8. The van der Waals surface area contributed by atoms with Crippen LogP contribution in [-0.4, -0.2) is 58.9 Å². The van der Waals surface area contributed by atoms with Crippen LogP contribution in [0.5, 0.6) is 0 Å². The number of aromatic amines is 1. The van der Waals surface area contributed by atoms with E-state index in [1.807, 2.05) is 12.1 Å². The standard InChI is InChI=1S/C26H34N6O/c1-18(32-13-11-31(4)12-14-32)20-5-6-23(30-25(33)24-28-17-21(16-27)29-24)22(15-20)19-7-9-26(2,3)10-8-19/h5-7,15,17-18H,8-14H2,1-4H3,(H,28,29)(H,30,33). The molecule has 7 heteroatoms. The minimum absolute atomic E-state index is 0.145. The molecule has 1 atom stereocenters. The molecular weight excluding hydrogens is 412 g/mol. The first-order valence-corrected chi connectivity index (χ1v) is 11.8. The first-order chi connectivity index (χ1) is 15.8. The SMILES string of the molecule is CC(c1ccc(NC(=O)c2nc(C#N)c[nH]2)c(C2=CCC(C)(C)CC2)c1)N1CCN(C)CC1. The van der Waals surface area contributed by atoms with Gasteiger partial charge in [-0.1, -0.05) is 26.0 Å². The Balaban J connectivity index is 1.63. The summed E-state index contributed by atoms with van der Waals surface area (Å²) in [6.45, 7) is 11.2. The van der Waals surface area contributed by atoms with Crippen LogP contribution in [0.3, 0.4) is 0 Å². The number of carbonyl (C=O) groups excluding carboxylic acids is 1. The van der Waals surface area contributed by atoms with Crippen molar-refractivity contribution in [3.8, 4) is 6.07 Å². The highest BCUT2D eigenvalue weighted by molar-refractivity contribution is 6.03. The fraction of sp³-hybridized carbons (Fsp3) is 0.500. The third-order valence-electron chi connectivity index (χ3n) is 7.09. The largest absolute Gasteiger partial charge is 0.339 e. The Hall–Kier alpha value is -2.95. The van der Waals surface area contributed by atoms with E-state index in [9.17, 15) is 4.79 Å². The highest BCUT2D eigenvalue weighted by Crippen LogP contribution is 2.41. The number of carbonyl (C=O) groups is 1. The van der Waals surface area contributed by atoms with Crippen LogP contribution in [0.25, 0.3) is 5.57 Å². The van der Waals surface area contributed by atoms with E-state index in [-0.39, 0.29) is 17.4 Å². The van der Waals surface area contributed by atoms with Gasteiger partial charge >= 0.3 is 0 Å². The average molecular weight is 447 g/mol. The number of rotatable bonds is 5. The molecule has 1 aliphatic carbocycles. The van der Waals surface area contributed by atoms with Crippen molar-refractivity contribution in [2.45, 2.75) is 46.1 Å². The number of allylic oxidation sites excluding steroid dienone is 2. The summed E-state index contributed by atoms with van der Waals surface area (Å²) in [5, 5.41) is 12.0. The fourth-order valence-electron chi connectivity index (χ4n) is 4.61. The molecule has 0 radical (unpaired) electrons. The summed E-state index contributed by atoms with van der Waals surface area (Å²) in [6, 6.07) is 8.66. The lowest BCUT2D eigenvalue weighted by molar-refractivity contribution is 0.101. The molecule has 7 nitrogen and oxygen atoms in total. The van der Waals surface area contributed by atoms with Crippen LogP contribution in [0.2, 0.25) is 0 Å². The summed E-state index contributed by atoms with van der Waals surface area (Å²) in [5.41, 5.74) is 4.94. The number of hydrogen-bond donors (Lipinski definition) is 2. The van der Waals surface area contributed by atoms with Crippen LogP contribution < -0.4 is 5.32 Å². The molecular formula is C26H34N6O. The number of H-pyrrole nitrogens is 1. The van der Waals surface area contributed by atoms with E-state index >= 15 is 0 Å². The number of nitrogens with zero attached hydrogens (tertiary/aromatic N) is 4. The van der Waals surface area contributed by atoms with Gasteiger partial charge in [0.15, 0.2) is 11.5 Å². The summed E-state index contributed by atoms with van der Waals surface area (Å²) < 4.78 is 0. The normalized spacial score (nSPS) is 20.0. The van der Waals surface area contributed by atoms with Gasteiger partial charge in [0, 0.05) is 49.7 Å². The molecule has 1 saturated heterocycles. The smallest absolute Gasteiger partial charge is 0.291 e. The maximum Gasteiger partial charge on any atom is 0.291 e. The minimum Gasteiger partial charge on any atom is -0.339 e. The molecule has 1 unspecified atom stereocenters. The summed E-state index contributed by atoms with van der Waals surface area (Å²) in [7, 11) is 2.17. The molecule has 33 heavy (non-hydrogen) atoms. The Labute approximate surface area is 196 Å². The van der Waals surface area contributed by atoms with E-state index in [4.69, 9.17) is 5.26 Å². The lowest BCUT2D eigenvalue weighted by Gasteiger charge is -2.37. The van der Waals surface area contributed by atoms with Crippen LogP contribution in [0.15, 0.2) is 30.5 Å². The molecule has 174 valence electrons. The molecule has 0 spiro atoms. The molecule has 2 aromatic rings. The lowest BCUT2D eigenvalue weighted by Crippen LogP contribution is -2.45. The topological polar surface area (TPSA) is 88.0 Å². The van der Waals surface area contributed by atoms with Gasteiger partial charge in [-0.2, -0.15) is 5.26 Å². The molecule has 2 aliphatic rings. The summed E-state index contributed by atoms with van der Waals surface area (Å²) in [4.78, 5) is 24.6. The van der Waals surface area contributed by atoms with Gasteiger partial charge in [-0.15, -0.1) is 0 Å². The second kappa shape index (κ2) is 9.50. The number of nitriles is 1. The monoisotopic (exact) mass is 446 g/mol. The van der Waals surface area contributed by atoms with Crippen molar-refractivity contribution in [2.75, 3.05) is 38.5 Å². The zero-order valence-corrected chi connectivity index (χ0v) is 20.1. The molecule has 1 fully saturated rings. The van der Waals surface area contributed by atoms with Crippen LogP contribution >= 0.6 is 0 Å². The summed E-state index contributed by atoms with van der Waals surface area (Å²) in [5.74, 6) is -0.194. The zero-order valence-electron chi connectivity index (χ0n) is 20.1. The van der Waals surface area contributed by atoms with Gasteiger partial charge in [0.25, 0.3) is 5.91 Å². The average Bonchev–Trinajstić information content (AvgIpc) is 3.29. The quantitative estimate of drug-likeness (QED) is 0.709. The van der Waals surface area contributed by atoms with Gasteiger partial charge in [0.05, 0.1) is 0 Å². The van der Waals surface area contributed by atoms with Gasteiger partial charge in [-0.3, -0.25) is 9.69 Å². The van der Waals surface area contributed by atoms with Gasteiger partial charge in [-0.25, -0.2) is 4.98 Å². The van der Waals surface area contributed by atoms with Crippen LogP contribution in [0.1, 0.15) is 73.5 Å². The predicted octanol–water partition coefficient (Wildman–Crippen LogP) is 4.44. The maximum atomic E-state index is 12.8. The minimum atomic E-state index is -0.339. The fourth-order valence-corrected chi connectivity index (χ4v) is 4.61. The molecule has 1 aromatic carbocycles. The van der Waals surface area contributed by atoms with Crippen molar-refractivity contribution in [1.29, 1.82) is 5.26 Å². The molecule has 1 amide bonds. The highest BCUT2D eigenvalue weighted by atomic mass is 16.2. The van der Waals surface area contributed by atoms with Crippen molar-refractivity contribution in [2.24, 2.45) is 5.41 Å². The molecule has 1 aromatic heterocycles. The van der Waals surface area contributed by atoms with Gasteiger partial charge in [0.1, 0.15) is 6.07 Å². The van der Waals surface area contributed by atoms with E-state index in [0.717, 1.165) is 56.7 Å². The van der Waals surface area contributed by atoms with E-state index in [1.54, 1.807) is 0 Å². The molecule has 0 bridgehead atoms. The number of imidazole rings is 1. The van der Waals surface area contributed by atoms with E-state index < -0.39 is 0 Å². The van der Waals surface area contributed by atoms with Crippen molar-refractivity contribution in [3.05, 3.63) is 53.1 Å². The van der Waals surface area contributed by atoms with Gasteiger partial charge < -0.3 is 15.2 Å². The molecule has 4 rings (SSSR count). The Kier molecular flexibility index (Phi) is 6.68. The van der Waals surface area contributed by atoms with Crippen LogP contribution in [0.4, 0.5) is 5.69 Å². The zero-order chi connectivity index (χ0) is 23.6. The third-order valence-corrected chi connectivity index (χ3v) is 7.09. The second-order valence-electron chi connectivity index (χ2n) is 10.1. The molecule has 1 aliphatic heterocycles. The molecule has 2 N–H and O–H groups in total. The number of likely N-dealkylation sites (N-methyl/N-ethyl adjacent to an activating group) is 1. The van der Waals surface area contributed by atoms with Crippen molar-refractivity contribution in [1.82, 2.24) is 19.8 Å². The first-order valence-electron chi connectivity index (χ1n) is 11.8. The number of aromatic nitrogens is 2. The van der Waals surface area contributed by atoms with Crippen molar-refractivity contribution < 1.29 is 4.79 Å². The number of piperazine rings is 1.